The third-order valence-corrected chi connectivity index (χ3v) is 3.45. The van der Waals surface area contributed by atoms with Crippen LogP contribution in [0.2, 0.25) is 0 Å². The molecule has 1 saturated carbocycles. The maximum atomic E-state index is 9.28. The summed E-state index contributed by atoms with van der Waals surface area (Å²) in [6.07, 6.45) is 4.69. The zero-order valence-electron chi connectivity index (χ0n) is 11.9. The summed E-state index contributed by atoms with van der Waals surface area (Å²) < 4.78 is 5.28. The predicted octanol–water partition coefficient (Wildman–Crippen LogP) is 1.77. The van der Waals surface area contributed by atoms with Gasteiger partial charge < -0.3 is 20.2 Å². The molecule has 1 heterocycles. The Morgan fingerprint density at radius 1 is 1.45 bits per heavy atom. The number of furan rings is 1. The molecule has 5 nitrogen and oxygen atoms in total. The van der Waals surface area contributed by atoms with Crippen molar-refractivity contribution in [2.45, 2.75) is 26.2 Å². The van der Waals surface area contributed by atoms with Crippen molar-refractivity contribution in [2.24, 2.45) is 10.4 Å². The van der Waals surface area contributed by atoms with Gasteiger partial charge in [-0.25, -0.2) is 0 Å². The molecule has 114 valence electrons. The molecule has 2 rings (SSSR count). The van der Waals surface area contributed by atoms with Crippen molar-refractivity contribution >= 4 is 29.9 Å². The van der Waals surface area contributed by atoms with Gasteiger partial charge in [-0.2, -0.15) is 0 Å². The zero-order valence-corrected chi connectivity index (χ0v) is 14.2. The summed E-state index contributed by atoms with van der Waals surface area (Å²) in [5.74, 6) is 1.78. The van der Waals surface area contributed by atoms with Crippen LogP contribution < -0.4 is 10.6 Å². The van der Waals surface area contributed by atoms with Gasteiger partial charge in [-0.05, 0) is 31.9 Å². The molecule has 1 aliphatic rings. The second-order valence-electron chi connectivity index (χ2n) is 5.11. The third kappa shape index (κ3) is 5.32. The molecule has 0 aliphatic heterocycles. The van der Waals surface area contributed by atoms with Crippen LogP contribution in [-0.2, 0) is 6.42 Å². The summed E-state index contributed by atoms with van der Waals surface area (Å²) in [7, 11) is 0. The Balaban J connectivity index is 0.00000200. The van der Waals surface area contributed by atoms with Gasteiger partial charge in [0.05, 0.1) is 19.4 Å². The molecule has 1 fully saturated rings. The van der Waals surface area contributed by atoms with E-state index < -0.39 is 0 Å². The Morgan fingerprint density at radius 2 is 2.25 bits per heavy atom. The van der Waals surface area contributed by atoms with Crippen LogP contribution in [0.4, 0.5) is 0 Å². The normalized spacial score (nSPS) is 16.4. The van der Waals surface area contributed by atoms with Crippen LogP contribution in [0.5, 0.6) is 0 Å². The molecule has 0 amide bonds. The van der Waals surface area contributed by atoms with Crippen LogP contribution in [0, 0.1) is 5.41 Å². The fraction of sp³-hybridized carbons (Fsp3) is 0.643. The van der Waals surface area contributed by atoms with Crippen LogP contribution in [0.25, 0.3) is 0 Å². The standard InChI is InChI=1S/C14H23N3O2.HI/c1-2-15-13(17-10-14(11-18)6-7-14)16-8-5-12-4-3-9-19-12;/h3-4,9,18H,2,5-8,10-11H2,1H3,(H2,15,16,17);1H. The molecule has 0 radical (unpaired) electrons. The average molecular weight is 393 g/mol. The van der Waals surface area contributed by atoms with Crippen molar-refractivity contribution in [3.05, 3.63) is 24.2 Å². The highest BCUT2D eigenvalue weighted by Gasteiger charge is 2.41. The number of aliphatic hydroxyl groups is 1. The van der Waals surface area contributed by atoms with Crippen LogP contribution in [-0.4, -0.2) is 37.3 Å². The topological polar surface area (TPSA) is 69.8 Å². The van der Waals surface area contributed by atoms with Gasteiger partial charge in [0.15, 0.2) is 5.96 Å². The average Bonchev–Trinajstić information content (AvgIpc) is 3.03. The van der Waals surface area contributed by atoms with Crippen LogP contribution >= 0.6 is 24.0 Å². The highest BCUT2D eigenvalue weighted by atomic mass is 127. The fourth-order valence-electron chi connectivity index (χ4n) is 1.89. The summed E-state index contributed by atoms with van der Waals surface area (Å²) in [6.45, 7) is 4.59. The minimum Gasteiger partial charge on any atom is -0.469 e. The summed E-state index contributed by atoms with van der Waals surface area (Å²) in [6, 6.07) is 3.86. The van der Waals surface area contributed by atoms with E-state index in [9.17, 15) is 5.11 Å². The van der Waals surface area contributed by atoms with E-state index in [1.54, 1.807) is 6.26 Å². The summed E-state index contributed by atoms with van der Waals surface area (Å²) in [4.78, 5) is 4.54. The van der Waals surface area contributed by atoms with Gasteiger partial charge in [0.2, 0.25) is 0 Å². The number of halogens is 1. The second-order valence-corrected chi connectivity index (χ2v) is 5.11. The van der Waals surface area contributed by atoms with Crippen molar-refractivity contribution < 1.29 is 9.52 Å². The lowest BCUT2D eigenvalue weighted by atomic mass is 10.1. The first-order valence-electron chi connectivity index (χ1n) is 6.93. The van der Waals surface area contributed by atoms with E-state index in [4.69, 9.17) is 4.42 Å². The van der Waals surface area contributed by atoms with E-state index in [1.165, 1.54) is 0 Å². The Hall–Kier alpha value is -0.760. The van der Waals surface area contributed by atoms with Gasteiger partial charge in [-0.15, -0.1) is 24.0 Å². The van der Waals surface area contributed by atoms with Crippen LogP contribution in [0.3, 0.4) is 0 Å². The molecule has 0 bridgehead atoms. The quantitative estimate of drug-likeness (QED) is 0.375. The second kappa shape index (κ2) is 8.51. The van der Waals surface area contributed by atoms with Crippen molar-refractivity contribution in [3.8, 4) is 0 Å². The minimum atomic E-state index is 0. The molecule has 3 N–H and O–H groups in total. The lowest BCUT2D eigenvalue weighted by Gasteiger charge is -2.13. The monoisotopic (exact) mass is 393 g/mol. The van der Waals surface area contributed by atoms with E-state index >= 15 is 0 Å². The Bertz CT molecular complexity index is 403. The Kier molecular flexibility index (Phi) is 7.36. The molecule has 0 aromatic carbocycles. The molecular weight excluding hydrogens is 369 g/mol. The highest BCUT2D eigenvalue weighted by Crippen LogP contribution is 2.45. The van der Waals surface area contributed by atoms with E-state index in [0.717, 1.165) is 44.1 Å². The molecule has 0 atom stereocenters. The maximum absolute atomic E-state index is 9.28. The molecule has 0 spiro atoms. The van der Waals surface area contributed by atoms with Gasteiger partial charge in [-0.3, -0.25) is 4.99 Å². The van der Waals surface area contributed by atoms with Gasteiger partial charge >= 0.3 is 0 Å². The van der Waals surface area contributed by atoms with Crippen molar-refractivity contribution in [1.29, 1.82) is 0 Å². The highest BCUT2D eigenvalue weighted by molar-refractivity contribution is 14.0. The van der Waals surface area contributed by atoms with Crippen LogP contribution in [0.1, 0.15) is 25.5 Å². The van der Waals surface area contributed by atoms with Gasteiger partial charge in [0.1, 0.15) is 5.76 Å². The Morgan fingerprint density at radius 3 is 2.80 bits per heavy atom. The van der Waals surface area contributed by atoms with Crippen LogP contribution in [0.15, 0.2) is 27.8 Å². The molecule has 1 aliphatic carbocycles. The molecule has 1 aromatic heterocycles. The van der Waals surface area contributed by atoms with Crippen molar-refractivity contribution in [1.82, 2.24) is 10.6 Å². The smallest absolute Gasteiger partial charge is 0.191 e. The SMILES string of the molecule is CCNC(=NCC1(CO)CC1)NCCc1ccco1.I. The number of nitrogens with one attached hydrogen (secondary N) is 2. The zero-order chi connectivity index (χ0) is 13.6. The third-order valence-electron chi connectivity index (χ3n) is 3.45. The predicted molar refractivity (Wildman–Crippen MR) is 90.6 cm³/mol. The number of nitrogens with zero attached hydrogens (tertiary/aromatic N) is 1. The molecule has 1 aromatic rings. The molecule has 0 unspecified atom stereocenters. The number of rotatable bonds is 7. The van der Waals surface area contributed by atoms with Crippen molar-refractivity contribution in [2.75, 3.05) is 26.2 Å². The van der Waals surface area contributed by atoms with Crippen molar-refractivity contribution in [3.63, 3.8) is 0 Å². The number of hydrogen-bond donors (Lipinski definition) is 3. The van der Waals surface area contributed by atoms with Gasteiger partial charge in [0.25, 0.3) is 0 Å². The number of aliphatic hydroxyl groups excluding tert-OH is 1. The Labute approximate surface area is 137 Å². The summed E-state index contributed by atoms with van der Waals surface area (Å²) in [5, 5.41) is 15.8. The summed E-state index contributed by atoms with van der Waals surface area (Å²) in [5.41, 5.74) is 0.0589. The first-order chi connectivity index (χ1) is 9.28. The summed E-state index contributed by atoms with van der Waals surface area (Å²) >= 11 is 0. The molecular formula is C14H24IN3O2. The number of hydrogen-bond acceptors (Lipinski definition) is 3. The van der Waals surface area contributed by atoms with E-state index in [2.05, 4.69) is 15.6 Å². The maximum Gasteiger partial charge on any atom is 0.191 e. The minimum absolute atomic E-state index is 0. The first-order valence-corrected chi connectivity index (χ1v) is 6.93. The number of guanidine groups is 1. The molecule has 20 heavy (non-hydrogen) atoms. The molecule has 0 saturated heterocycles. The molecule has 6 heteroatoms. The fourth-order valence-corrected chi connectivity index (χ4v) is 1.89. The first kappa shape index (κ1) is 17.3. The van der Waals surface area contributed by atoms with E-state index in [-0.39, 0.29) is 36.0 Å². The van der Waals surface area contributed by atoms with E-state index in [1.807, 2.05) is 19.1 Å². The lowest BCUT2D eigenvalue weighted by molar-refractivity contribution is 0.217. The largest absolute Gasteiger partial charge is 0.469 e. The van der Waals surface area contributed by atoms with E-state index in [0.29, 0.717) is 6.54 Å². The lowest BCUT2D eigenvalue weighted by Crippen LogP contribution is -2.38. The van der Waals surface area contributed by atoms with Gasteiger partial charge in [-0.1, -0.05) is 0 Å². The number of aliphatic imine (C=N–C) groups is 1. The van der Waals surface area contributed by atoms with Gasteiger partial charge in [0, 0.05) is 24.9 Å².